The zero-order valence-electron chi connectivity index (χ0n) is 16.7. The second kappa shape index (κ2) is 9.70. The van der Waals surface area contributed by atoms with E-state index < -0.39 is 29.1 Å². The summed E-state index contributed by atoms with van der Waals surface area (Å²) in [6.07, 6.45) is 16.0. The van der Waals surface area contributed by atoms with Crippen LogP contribution in [0, 0.1) is 22.7 Å². The lowest BCUT2D eigenvalue weighted by Crippen LogP contribution is -2.23. The summed E-state index contributed by atoms with van der Waals surface area (Å²) >= 11 is 0. The molecule has 0 aromatic rings. The summed E-state index contributed by atoms with van der Waals surface area (Å²) in [5.74, 6) is -0.139. The van der Waals surface area contributed by atoms with Crippen molar-refractivity contribution in [2.75, 3.05) is 0 Å². The van der Waals surface area contributed by atoms with Crippen LogP contribution in [0.25, 0.3) is 0 Å². The fourth-order valence-electron chi connectivity index (χ4n) is 4.61. The summed E-state index contributed by atoms with van der Waals surface area (Å²) in [6.45, 7) is 2.09. The smallest absolute Gasteiger partial charge is 0.313 e. The van der Waals surface area contributed by atoms with E-state index in [4.69, 9.17) is 20.4 Å². The van der Waals surface area contributed by atoms with Crippen LogP contribution in [0.3, 0.4) is 0 Å². The third-order valence-electron chi connectivity index (χ3n) is 6.47. The van der Waals surface area contributed by atoms with Gasteiger partial charge in [-0.1, -0.05) is 44.1 Å². The van der Waals surface area contributed by atoms with Crippen LogP contribution in [-0.4, -0.2) is 38.7 Å². The molecule has 2 fully saturated rings. The summed E-state index contributed by atoms with van der Waals surface area (Å²) < 4.78 is 0. The second-order valence-corrected chi connectivity index (χ2v) is 8.62. The van der Waals surface area contributed by atoms with Crippen molar-refractivity contribution in [2.24, 2.45) is 22.7 Å². The van der Waals surface area contributed by atoms with Gasteiger partial charge < -0.3 is 20.4 Å². The molecule has 0 saturated heterocycles. The minimum absolute atomic E-state index is 0.454. The van der Waals surface area contributed by atoms with E-state index in [0.29, 0.717) is 18.3 Å². The molecule has 4 N–H and O–H groups in total. The average Bonchev–Trinajstić information content (AvgIpc) is 3.43. The Morgan fingerprint density at radius 3 is 1.57 bits per heavy atom. The first-order valence-electron chi connectivity index (χ1n) is 10.4. The molecule has 0 heterocycles. The van der Waals surface area contributed by atoms with Gasteiger partial charge in [-0.15, -0.1) is 0 Å². The summed E-state index contributed by atoms with van der Waals surface area (Å²) in [5.41, 5.74) is -0.907. The minimum Gasteiger partial charge on any atom is -0.481 e. The Morgan fingerprint density at radius 1 is 0.929 bits per heavy atom. The summed E-state index contributed by atoms with van der Waals surface area (Å²) in [7, 11) is 0. The highest BCUT2D eigenvalue weighted by atomic mass is 16.5. The molecule has 0 spiro atoms. The largest absolute Gasteiger partial charge is 0.481 e. The lowest BCUT2D eigenvalue weighted by atomic mass is 9.88. The number of carbonyl (C=O) groups is 2. The molecule has 4 rings (SSSR count). The van der Waals surface area contributed by atoms with Crippen LogP contribution < -0.4 is 0 Å². The standard InChI is InChI=1S/2C8H10O2.C6H14O2/c2*9-7(10)8-3-1-6(5-8)2-4-8;1-2-3-4-5-6(7)8/h2*1,3,6H,2,4-5H2,(H,9,10);6-8H,2-5H2,1H3. The van der Waals surface area contributed by atoms with Crippen molar-refractivity contribution in [2.45, 2.75) is 77.4 Å². The molecule has 158 valence electrons. The Morgan fingerprint density at radius 2 is 1.39 bits per heavy atom. The number of aliphatic hydroxyl groups is 2. The zero-order valence-corrected chi connectivity index (χ0v) is 16.7. The van der Waals surface area contributed by atoms with Crippen molar-refractivity contribution >= 4 is 11.9 Å². The van der Waals surface area contributed by atoms with E-state index in [1.54, 1.807) is 0 Å². The Bertz CT molecular complexity index is 564. The number of aliphatic carboxylic acids is 2. The number of hydrogen-bond donors (Lipinski definition) is 4. The number of allylic oxidation sites excluding steroid dienone is 2. The highest BCUT2D eigenvalue weighted by Crippen LogP contribution is 2.49. The molecule has 28 heavy (non-hydrogen) atoms. The maximum Gasteiger partial charge on any atom is 0.313 e. The maximum absolute atomic E-state index is 10.7. The van der Waals surface area contributed by atoms with Crippen LogP contribution in [0.1, 0.15) is 71.1 Å². The molecule has 0 radical (unpaired) electrons. The lowest BCUT2D eigenvalue weighted by molar-refractivity contribution is -0.146. The van der Waals surface area contributed by atoms with Crippen molar-refractivity contribution in [3.05, 3.63) is 24.3 Å². The molecule has 4 bridgehead atoms. The Hall–Kier alpha value is -1.66. The molecule has 6 nitrogen and oxygen atoms in total. The van der Waals surface area contributed by atoms with Gasteiger partial charge in [-0.3, -0.25) is 9.59 Å². The molecular weight excluding hydrogens is 360 g/mol. The van der Waals surface area contributed by atoms with E-state index in [-0.39, 0.29) is 0 Å². The first-order valence-corrected chi connectivity index (χ1v) is 10.4. The van der Waals surface area contributed by atoms with Crippen molar-refractivity contribution in [3.63, 3.8) is 0 Å². The SMILES string of the molecule is CCCCCC(O)O.O=C(O)C12C=CC(CC1)C2.O=C(O)C12C=CC(CC1)C2. The molecule has 4 atom stereocenters. The van der Waals surface area contributed by atoms with Gasteiger partial charge in [0, 0.05) is 0 Å². The van der Waals surface area contributed by atoms with Crippen LogP contribution in [0.2, 0.25) is 0 Å². The van der Waals surface area contributed by atoms with Gasteiger partial charge >= 0.3 is 11.9 Å². The van der Waals surface area contributed by atoms with Crippen LogP contribution in [-0.2, 0) is 9.59 Å². The Kier molecular flexibility index (Phi) is 7.84. The van der Waals surface area contributed by atoms with Gasteiger partial charge in [0.1, 0.15) is 0 Å². The number of hydrogen-bond acceptors (Lipinski definition) is 4. The first kappa shape index (κ1) is 22.6. The van der Waals surface area contributed by atoms with Crippen LogP contribution in [0.4, 0.5) is 0 Å². The van der Waals surface area contributed by atoms with E-state index in [9.17, 15) is 9.59 Å². The molecular formula is C22H34O6. The highest BCUT2D eigenvalue weighted by Gasteiger charge is 2.47. The van der Waals surface area contributed by atoms with E-state index in [2.05, 4.69) is 19.1 Å². The van der Waals surface area contributed by atoms with Crippen molar-refractivity contribution in [3.8, 4) is 0 Å². The van der Waals surface area contributed by atoms with Gasteiger partial charge in [-0.05, 0) is 63.2 Å². The fraction of sp³-hybridized carbons (Fsp3) is 0.727. The van der Waals surface area contributed by atoms with E-state index in [1.807, 2.05) is 12.2 Å². The summed E-state index contributed by atoms with van der Waals surface area (Å²) in [6, 6.07) is 0. The molecule has 6 heteroatoms. The minimum atomic E-state index is -1.10. The van der Waals surface area contributed by atoms with E-state index >= 15 is 0 Å². The van der Waals surface area contributed by atoms with Gasteiger partial charge in [0.15, 0.2) is 6.29 Å². The topological polar surface area (TPSA) is 115 Å². The number of rotatable bonds is 6. The highest BCUT2D eigenvalue weighted by molar-refractivity contribution is 5.79. The first-order chi connectivity index (χ1) is 13.2. The normalized spacial score (nSPS) is 33.4. The summed E-state index contributed by atoms with van der Waals surface area (Å²) in [4.78, 5) is 21.5. The van der Waals surface area contributed by atoms with Gasteiger partial charge in [-0.25, -0.2) is 0 Å². The number of fused-ring (bicyclic) bond motifs is 4. The predicted molar refractivity (Wildman–Crippen MR) is 105 cm³/mol. The fourth-order valence-corrected chi connectivity index (χ4v) is 4.61. The third-order valence-corrected chi connectivity index (χ3v) is 6.47. The van der Waals surface area contributed by atoms with Crippen molar-refractivity contribution in [1.82, 2.24) is 0 Å². The molecule has 0 aromatic heterocycles. The number of aliphatic hydroxyl groups excluding tert-OH is 1. The number of carboxylic acids is 2. The van der Waals surface area contributed by atoms with Crippen LogP contribution in [0.15, 0.2) is 24.3 Å². The molecule has 4 aliphatic carbocycles. The van der Waals surface area contributed by atoms with E-state index in [1.165, 1.54) is 0 Å². The van der Waals surface area contributed by atoms with Gasteiger partial charge in [0.05, 0.1) is 10.8 Å². The zero-order chi connectivity index (χ0) is 20.8. The van der Waals surface area contributed by atoms with Crippen molar-refractivity contribution in [1.29, 1.82) is 0 Å². The molecule has 4 aliphatic rings. The quantitative estimate of drug-likeness (QED) is 0.310. The van der Waals surface area contributed by atoms with E-state index in [0.717, 1.165) is 57.8 Å². The maximum atomic E-state index is 10.7. The molecule has 0 amide bonds. The number of unbranched alkanes of at least 4 members (excludes halogenated alkanes) is 2. The summed E-state index contributed by atoms with van der Waals surface area (Å²) in [5, 5.41) is 34.3. The monoisotopic (exact) mass is 394 g/mol. The Labute approximate surface area is 167 Å². The van der Waals surface area contributed by atoms with Gasteiger partial charge in [-0.2, -0.15) is 0 Å². The average molecular weight is 395 g/mol. The van der Waals surface area contributed by atoms with Gasteiger partial charge in [0.25, 0.3) is 0 Å². The van der Waals surface area contributed by atoms with Crippen molar-refractivity contribution < 1.29 is 30.0 Å². The molecule has 4 unspecified atom stereocenters. The lowest BCUT2D eigenvalue weighted by Gasteiger charge is -2.15. The van der Waals surface area contributed by atoms with Crippen LogP contribution >= 0.6 is 0 Å². The second-order valence-electron chi connectivity index (χ2n) is 8.62. The molecule has 0 aliphatic heterocycles. The number of carboxylic acid groups (broad SMARTS) is 2. The third kappa shape index (κ3) is 5.45. The Balaban J connectivity index is 0.000000152. The molecule has 0 aromatic carbocycles. The predicted octanol–water partition coefficient (Wildman–Crippen LogP) is 3.73. The molecule has 2 saturated carbocycles. The van der Waals surface area contributed by atoms with Gasteiger partial charge in [0.2, 0.25) is 0 Å². The van der Waals surface area contributed by atoms with Crippen LogP contribution in [0.5, 0.6) is 0 Å².